The predicted molar refractivity (Wildman–Crippen MR) is 80.0 cm³/mol. The average molecular weight is 303 g/mol. The van der Waals surface area contributed by atoms with E-state index in [1.807, 2.05) is 26.8 Å². The van der Waals surface area contributed by atoms with Gasteiger partial charge in [0.2, 0.25) is 5.91 Å². The lowest BCUT2D eigenvalue weighted by molar-refractivity contribution is -0.121. The maximum atomic E-state index is 12.1. The molecule has 2 heterocycles. The fraction of sp³-hybridized carbons (Fsp3) is 0.400. The van der Waals surface area contributed by atoms with Gasteiger partial charge in [0.15, 0.2) is 5.76 Å². The van der Waals surface area contributed by atoms with E-state index in [1.165, 1.54) is 9.75 Å². The lowest BCUT2D eigenvalue weighted by Crippen LogP contribution is -2.28. The van der Waals surface area contributed by atoms with Gasteiger partial charge in [-0.3, -0.25) is 4.79 Å². The van der Waals surface area contributed by atoms with Crippen molar-refractivity contribution in [2.24, 2.45) is 0 Å². The zero-order valence-electron chi connectivity index (χ0n) is 12.5. The molecule has 0 aliphatic rings. The molecule has 0 bridgehead atoms. The van der Waals surface area contributed by atoms with Crippen molar-refractivity contribution in [3.63, 3.8) is 0 Å². The number of carbonyl (C=O) groups excluding carboxylic acids is 1. The van der Waals surface area contributed by atoms with E-state index in [9.17, 15) is 4.79 Å². The van der Waals surface area contributed by atoms with Crippen LogP contribution in [0, 0.1) is 32.1 Å². The summed E-state index contributed by atoms with van der Waals surface area (Å²) in [5.41, 5.74) is 1.86. The highest BCUT2D eigenvalue weighted by Crippen LogP contribution is 2.26. The number of hydrogen-bond acceptors (Lipinski definition) is 5. The summed E-state index contributed by atoms with van der Waals surface area (Å²) in [5, 5.41) is 15.7. The Kier molecular flexibility index (Phi) is 4.43. The van der Waals surface area contributed by atoms with Gasteiger partial charge in [-0.2, -0.15) is 5.26 Å². The van der Waals surface area contributed by atoms with Gasteiger partial charge >= 0.3 is 0 Å². The fourth-order valence-electron chi connectivity index (χ4n) is 2.28. The van der Waals surface area contributed by atoms with Crippen molar-refractivity contribution in [1.29, 1.82) is 5.26 Å². The third-order valence-electron chi connectivity index (χ3n) is 3.30. The number of nitriles is 1. The molecule has 6 heteroatoms. The maximum Gasteiger partial charge on any atom is 0.226 e. The number of thiophene rings is 1. The molecule has 0 spiro atoms. The molecule has 0 fully saturated rings. The molecule has 1 amide bonds. The Morgan fingerprint density at radius 2 is 2.24 bits per heavy atom. The summed E-state index contributed by atoms with van der Waals surface area (Å²) in [4.78, 5) is 14.5. The SMILES string of the molecule is Cc1cc(C(C)NC(=O)Cc2noc(C)c2C#N)c(C)s1. The minimum atomic E-state index is -0.171. The van der Waals surface area contributed by atoms with Crippen LogP contribution in [-0.2, 0) is 11.2 Å². The summed E-state index contributed by atoms with van der Waals surface area (Å²) in [7, 11) is 0. The minimum Gasteiger partial charge on any atom is -0.360 e. The Balaban J connectivity index is 2.05. The zero-order chi connectivity index (χ0) is 15.6. The molecule has 5 nitrogen and oxygen atoms in total. The Hall–Kier alpha value is -2.13. The lowest BCUT2D eigenvalue weighted by atomic mass is 10.1. The normalized spacial score (nSPS) is 12.0. The number of aromatic nitrogens is 1. The second-order valence-electron chi connectivity index (χ2n) is 5.01. The predicted octanol–water partition coefficient (Wildman–Crippen LogP) is 2.95. The smallest absolute Gasteiger partial charge is 0.226 e. The number of hydrogen-bond donors (Lipinski definition) is 1. The first-order valence-corrected chi connectivity index (χ1v) is 7.45. The van der Waals surface area contributed by atoms with E-state index in [0.717, 1.165) is 5.56 Å². The Morgan fingerprint density at radius 3 is 2.81 bits per heavy atom. The van der Waals surface area contributed by atoms with E-state index in [4.69, 9.17) is 9.78 Å². The molecule has 0 radical (unpaired) electrons. The molecule has 21 heavy (non-hydrogen) atoms. The number of carbonyl (C=O) groups is 1. The van der Waals surface area contributed by atoms with Crippen LogP contribution in [-0.4, -0.2) is 11.1 Å². The number of amides is 1. The lowest BCUT2D eigenvalue weighted by Gasteiger charge is -2.13. The third-order valence-corrected chi connectivity index (χ3v) is 4.28. The highest BCUT2D eigenvalue weighted by molar-refractivity contribution is 7.12. The van der Waals surface area contributed by atoms with Crippen LogP contribution in [0.1, 0.15) is 45.3 Å². The van der Waals surface area contributed by atoms with E-state index in [1.54, 1.807) is 18.3 Å². The molecular formula is C15H17N3O2S. The highest BCUT2D eigenvalue weighted by atomic mass is 32.1. The van der Waals surface area contributed by atoms with Gasteiger partial charge in [-0.1, -0.05) is 5.16 Å². The highest BCUT2D eigenvalue weighted by Gasteiger charge is 2.18. The quantitative estimate of drug-likeness (QED) is 0.941. The standard InChI is InChI=1S/C15H17N3O2S/c1-8-5-12(11(4)21-8)9(2)17-15(19)6-14-13(7-16)10(3)20-18-14/h5,9H,6H2,1-4H3,(H,17,19). The first-order chi connectivity index (χ1) is 9.92. The summed E-state index contributed by atoms with van der Waals surface area (Å²) in [6.07, 6.45) is 0.0484. The van der Waals surface area contributed by atoms with Gasteiger partial charge in [0.1, 0.15) is 17.3 Å². The van der Waals surface area contributed by atoms with E-state index in [-0.39, 0.29) is 18.4 Å². The topological polar surface area (TPSA) is 78.9 Å². The van der Waals surface area contributed by atoms with Crippen molar-refractivity contribution in [3.8, 4) is 6.07 Å². The molecule has 1 atom stereocenters. The summed E-state index contributed by atoms with van der Waals surface area (Å²) in [6.45, 7) is 7.70. The zero-order valence-corrected chi connectivity index (χ0v) is 13.3. The fourth-order valence-corrected chi connectivity index (χ4v) is 3.31. The Labute approximate surface area is 127 Å². The van der Waals surface area contributed by atoms with Gasteiger partial charge in [-0.05, 0) is 39.3 Å². The number of nitrogens with zero attached hydrogens (tertiary/aromatic N) is 2. The molecule has 110 valence electrons. The summed E-state index contributed by atoms with van der Waals surface area (Å²) >= 11 is 1.72. The Bertz CT molecular complexity index is 709. The number of rotatable bonds is 4. The van der Waals surface area contributed by atoms with Gasteiger partial charge in [0.05, 0.1) is 12.5 Å². The van der Waals surface area contributed by atoms with Crippen LogP contribution < -0.4 is 5.32 Å². The molecular weight excluding hydrogens is 286 g/mol. The van der Waals surface area contributed by atoms with Crippen molar-refractivity contribution in [2.45, 2.75) is 40.2 Å². The van der Waals surface area contributed by atoms with Crippen LogP contribution in [0.2, 0.25) is 0 Å². The first-order valence-electron chi connectivity index (χ1n) is 6.64. The summed E-state index contributed by atoms with van der Waals surface area (Å²) in [6, 6.07) is 4.03. The van der Waals surface area contributed by atoms with Crippen molar-refractivity contribution in [1.82, 2.24) is 10.5 Å². The second kappa shape index (κ2) is 6.10. The molecule has 0 aliphatic carbocycles. The third kappa shape index (κ3) is 3.31. The molecule has 0 saturated carbocycles. The van der Waals surface area contributed by atoms with Crippen LogP contribution in [0.5, 0.6) is 0 Å². The van der Waals surface area contributed by atoms with Crippen molar-refractivity contribution in [3.05, 3.63) is 38.4 Å². The minimum absolute atomic E-state index is 0.0484. The van der Waals surface area contributed by atoms with E-state index < -0.39 is 0 Å². The second-order valence-corrected chi connectivity index (χ2v) is 6.47. The maximum absolute atomic E-state index is 12.1. The molecule has 0 aromatic carbocycles. The van der Waals surface area contributed by atoms with Gasteiger partial charge < -0.3 is 9.84 Å². The molecule has 2 aromatic rings. The summed E-state index contributed by atoms with van der Waals surface area (Å²) < 4.78 is 4.95. The average Bonchev–Trinajstić information content (AvgIpc) is 2.92. The van der Waals surface area contributed by atoms with Crippen molar-refractivity contribution < 1.29 is 9.32 Å². The molecule has 1 N–H and O–H groups in total. The van der Waals surface area contributed by atoms with Crippen molar-refractivity contribution >= 4 is 17.2 Å². The van der Waals surface area contributed by atoms with Gasteiger partial charge in [0, 0.05) is 9.75 Å². The van der Waals surface area contributed by atoms with Crippen LogP contribution in [0.25, 0.3) is 0 Å². The van der Waals surface area contributed by atoms with Gasteiger partial charge in [-0.25, -0.2) is 0 Å². The molecule has 2 rings (SSSR count). The van der Waals surface area contributed by atoms with E-state index in [0.29, 0.717) is 17.0 Å². The molecule has 0 saturated heterocycles. The largest absolute Gasteiger partial charge is 0.360 e. The molecule has 0 aliphatic heterocycles. The van der Waals surface area contributed by atoms with Gasteiger partial charge in [-0.15, -0.1) is 11.3 Å². The van der Waals surface area contributed by atoms with E-state index >= 15 is 0 Å². The first kappa shape index (κ1) is 15.3. The van der Waals surface area contributed by atoms with Crippen LogP contribution in [0.15, 0.2) is 10.6 Å². The molecule has 2 aromatic heterocycles. The molecule has 1 unspecified atom stereocenters. The number of aryl methyl sites for hydroxylation is 3. The van der Waals surface area contributed by atoms with Gasteiger partial charge in [0.25, 0.3) is 0 Å². The van der Waals surface area contributed by atoms with Crippen LogP contribution in [0.4, 0.5) is 0 Å². The van der Waals surface area contributed by atoms with Crippen LogP contribution >= 0.6 is 11.3 Å². The van der Waals surface area contributed by atoms with Crippen molar-refractivity contribution in [2.75, 3.05) is 0 Å². The summed E-state index contributed by atoms with van der Waals surface area (Å²) in [5.74, 6) is 0.271. The monoisotopic (exact) mass is 303 g/mol. The number of nitrogens with one attached hydrogen (secondary N) is 1. The Morgan fingerprint density at radius 1 is 1.52 bits per heavy atom. The van der Waals surface area contributed by atoms with Crippen LogP contribution in [0.3, 0.4) is 0 Å². The van der Waals surface area contributed by atoms with E-state index in [2.05, 4.69) is 16.5 Å².